The summed E-state index contributed by atoms with van der Waals surface area (Å²) in [5.41, 5.74) is 1.44. The van der Waals surface area contributed by atoms with Crippen molar-refractivity contribution < 1.29 is 13.0 Å². The van der Waals surface area contributed by atoms with Gasteiger partial charge < -0.3 is 0 Å². The molecule has 1 aromatic rings. The molecule has 3 nitrogen and oxygen atoms in total. The summed E-state index contributed by atoms with van der Waals surface area (Å²) in [4.78, 5) is 0. The van der Waals surface area contributed by atoms with E-state index in [2.05, 4.69) is 55.0 Å². The van der Waals surface area contributed by atoms with E-state index in [1.54, 1.807) is 0 Å². The fourth-order valence-corrected chi connectivity index (χ4v) is 11.1. The first-order valence-corrected chi connectivity index (χ1v) is 13.1. The van der Waals surface area contributed by atoms with Crippen molar-refractivity contribution in [3.05, 3.63) is 48.0 Å². The monoisotopic (exact) mass is 396 g/mol. The van der Waals surface area contributed by atoms with Crippen molar-refractivity contribution in [2.75, 3.05) is 0 Å². The van der Waals surface area contributed by atoms with Gasteiger partial charge in [-0.2, -0.15) is 8.42 Å². The molecule has 0 aliphatic heterocycles. The van der Waals surface area contributed by atoms with E-state index in [1.165, 1.54) is 6.08 Å². The van der Waals surface area contributed by atoms with Crippen molar-refractivity contribution in [2.24, 2.45) is 11.8 Å². The van der Waals surface area contributed by atoms with E-state index in [0.717, 1.165) is 17.7 Å². The minimum absolute atomic E-state index is 0.232. The Morgan fingerprint density at radius 3 is 1.77 bits per heavy atom. The average molecular weight is 397 g/mol. The van der Waals surface area contributed by atoms with Crippen LogP contribution in [0.4, 0.5) is 0 Å². The van der Waals surface area contributed by atoms with Crippen molar-refractivity contribution in [3.63, 3.8) is 0 Å². The molecular formula is C21H36O3SSi. The van der Waals surface area contributed by atoms with Gasteiger partial charge in [-0.15, -0.1) is 6.58 Å². The predicted molar refractivity (Wildman–Crippen MR) is 115 cm³/mol. The van der Waals surface area contributed by atoms with Crippen molar-refractivity contribution in [1.82, 2.24) is 0 Å². The highest BCUT2D eigenvalue weighted by molar-refractivity contribution is 7.88. The molecule has 0 saturated carbocycles. The zero-order chi connectivity index (χ0) is 20.3. The van der Waals surface area contributed by atoms with E-state index in [4.69, 9.17) is 0 Å². The molecule has 1 rings (SSSR count). The molecule has 1 aromatic carbocycles. The largest absolute Gasteiger partial charge is 0.285 e. The third-order valence-electron chi connectivity index (χ3n) is 5.00. The fraction of sp³-hybridized carbons (Fsp3) is 0.619. The SMILES string of the molecule is C=CC(c1ccccc1C(C)(C)C)([SiH](CC(C)C)CC(C)C)S(=O)(=O)O. The second kappa shape index (κ2) is 8.40. The van der Waals surface area contributed by atoms with Gasteiger partial charge in [-0.3, -0.25) is 4.55 Å². The van der Waals surface area contributed by atoms with Crippen LogP contribution < -0.4 is 0 Å². The summed E-state index contributed by atoms with van der Waals surface area (Å²) in [7, 11) is -6.37. The van der Waals surface area contributed by atoms with Crippen LogP contribution >= 0.6 is 0 Å². The van der Waals surface area contributed by atoms with E-state index in [-0.39, 0.29) is 5.41 Å². The Bertz CT molecular complexity index is 707. The van der Waals surface area contributed by atoms with Gasteiger partial charge in [-0.1, -0.05) is 90.9 Å². The van der Waals surface area contributed by atoms with Gasteiger partial charge in [0, 0.05) is 0 Å². The lowest BCUT2D eigenvalue weighted by Crippen LogP contribution is -2.50. The van der Waals surface area contributed by atoms with Crippen molar-refractivity contribution in [1.29, 1.82) is 0 Å². The molecule has 0 aliphatic carbocycles. The molecule has 1 N–H and O–H groups in total. The first-order valence-electron chi connectivity index (χ1n) is 9.48. The molecule has 26 heavy (non-hydrogen) atoms. The molecular weight excluding hydrogens is 360 g/mol. The van der Waals surface area contributed by atoms with E-state index in [0.29, 0.717) is 17.4 Å². The molecule has 0 bridgehead atoms. The normalized spacial score (nSPS) is 15.5. The zero-order valence-corrected chi connectivity index (χ0v) is 19.4. The van der Waals surface area contributed by atoms with Gasteiger partial charge in [0.15, 0.2) is 0 Å². The third-order valence-corrected chi connectivity index (χ3v) is 12.9. The molecule has 0 amide bonds. The number of benzene rings is 1. The van der Waals surface area contributed by atoms with Crippen molar-refractivity contribution in [3.8, 4) is 0 Å². The minimum Gasteiger partial charge on any atom is -0.285 e. The van der Waals surface area contributed by atoms with Crippen LogP contribution in [0.1, 0.15) is 59.6 Å². The van der Waals surface area contributed by atoms with Crippen LogP contribution in [0.15, 0.2) is 36.9 Å². The third kappa shape index (κ3) is 4.87. The van der Waals surface area contributed by atoms with Gasteiger partial charge in [-0.05, 0) is 28.4 Å². The van der Waals surface area contributed by atoms with Gasteiger partial charge >= 0.3 is 0 Å². The van der Waals surface area contributed by atoms with Gasteiger partial charge in [0.05, 0.1) is 8.80 Å². The van der Waals surface area contributed by atoms with Crippen LogP contribution in [-0.4, -0.2) is 21.8 Å². The Kier molecular flexibility index (Phi) is 7.47. The quantitative estimate of drug-likeness (QED) is 0.367. The first kappa shape index (κ1) is 23.1. The number of hydrogen-bond acceptors (Lipinski definition) is 2. The Balaban J connectivity index is 3.88. The van der Waals surface area contributed by atoms with E-state index >= 15 is 0 Å². The Morgan fingerprint density at radius 1 is 1.04 bits per heavy atom. The van der Waals surface area contributed by atoms with Gasteiger partial charge in [0.25, 0.3) is 10.1 Å². The van der Waals surface area contributed by atoms with E-state index in [1.807, 2.05) is 24.3 Å². The highest BCUT2D eigenvalue weighted by atomic mass is 32.2. The van der Waals surface area contributed by atoms with Gasteiger partial charge in [0.1, 0.15) is 4.37 Å². The van der Waals surface area contributed by atoms with Gasteiger partial charge in [-0.25, -0.2) is 0 Å². The Labute approximate surface area is 162 Å². The standard InChI is InChI=1S/C21H36O3SSi/c1-9-21(25(22,23)24,26(14-16(2)3)15-17(4)5)19-13-11-10-12-18(19)20(6,7)8/h9-13,16-17,26H,1,14-15H2,2-8H3,(H,22,23,24). The molecule has 0 saturated heterocycles. The molecule has 0 radical (unpaired) electrons. The van der Waals surface area contributed by atoms with Crippen LogP contribution in [0.25, 0.3) is 0 Å². The summed E-state index contributed by atoms with van der Waals surface area (Å²) >= 11 is 0. The molecule has 0 heterocycles. The van der Waals surface area contributed by atoms with Crippen LogP contribution in [0.2, 0.25) is 12.1 Å². The summed E-state index contributed by atoms with van der Waals surface area (Å²) in [6.45, 7) is 18.6. The summed E-state index contributed by atoms with van der Waals surface area (Å²) in [5, 5.41) is 0. The average Bonchev–Trinajstić information content (AvgIpc) is 2.45. The van der Waals surface area contributed by atoms with E-state index in [9.17, 15) is 13.0 Å². The molecule has 0 aromatic heterocycles. The molecule has 0 fully saturated rings. The molecule has 0 aliphatic rings. The maximum Gasteiger partial charge on any atom is 0.275 e. The van der Waals surface area contributed by atoms with Crippen LogP contribution in [0.5, 0.6) is 0 Å². The lowest BCUT2D eigenvalue weighted by atomic mass is 9.82. The number of hydrogen-bond donors (Lipinski definition) is 1. The first-order chi connectivity index (χ1) is 11.8. The topological polar surface area (TPSA) is 54.4 Å². The molecule has 5 heteroatoms. The highest BCUT2D eigenvalue weighted by Gasteiger charge is 2.51. The zero-order valence-electron chi connectivity index (χ0n) is 17.4. The second-order valence-electron chi connectivity index (χ2n) is 9.22. The van der Waals surface area contributed by atoms with Crippen LogP contribution in [-0.2, 0) is 19.9 Å². The second-order valence-corrected chi connectivity index (χ2v) is 14.5. The lowest BCUT2D eigenvalue weighted by molar-refractivity contribution is 0.465. The van der Waals surface area contributed by atoms with Crippen LogP contribution in [0, 0.1) is 11.8 Å². The Hall–Kier alpha value is -0.913. The maximum atomic E-state index is 12.9. The fourth-order valence-electron chi connectivity index (χ4n) is 4.01. The molecule has 1 unspecified atom stereocenters. The van der Waals surface area contributed by atoms with Crippen molar-refractivity contribution >= 4 is 18.9 Å². The Morgan fingerprint density at radius 2 is 1.46 bits per heavy atom. The van der Waals surface area contributed by atoms with Crippen LogP contribution in [0.3, 0.4) is 0 Å². The predicted octanol–water partition coefficient (Wildman–Crippen LogP) is 5.33. The maximum absolute atomic E-state index is 12.9. The molecule has 1 atom stereocenters. The molecule has 148 valence electrons. The van der Waals surface area contributed by atoms with Crippen molar-refractivity contribution in [2.45, 2.75) is 70.3 Å². The summed E-state index contributed by atoms with van der Waals surface area (Å²) < 4.78 is 34.9. The van der Waals surface area contributed by atoms with Gasteiger partial charge in [0.2, 0.25) is 0 Å². The summed E-state index contributed by atoms with van der Waals surface area (Å²) in [6, 6.07) is 9.32. The number of rotatable bonds is 8. The smallest absolute Gasteiger partial charge is 0.275 e. The minimum atomic E-state index is -4.36. The van der Waals surface area contributed by atoms with E-state index < -0.39 is 23.3 Å². The lowest BCUT2D eigenvalue weighted by Gasteiger charge is -2.40. The summed E-state index contributed by atoms with van der Waals surface area (Å²) in [6.07, 6.45) is 1.52. The highest BCUT2D eigenvalue weighted by Crippen LogP contribution is 2.43. The molecule has 0 spiro atoms. The summed E-state index contributed by atoms with van der Waals surface area (Å²) in [5.74, 6) is 0.738.